The molecule has 0 fully saturated rings. The Morgan fingerprint density at radius 2 is 1.54 bits per heavy atom. The topological polar surface area (TPSA) is 78.4 Å². The summed E-state index contributed by atoms with van der Waals surface area (Å²) in [5.74, 6) is 1.83. The van der Waals surface area contributed by atoms with Gasteiger partial charge in [-0.2, -0.15) is 5.10 Å². The quantitative estimate of drug-likeness (QED) is 0.608. The van der Waals surface area contributed by atoms with E-state index >= 15 is 0 Å². The number of benzene rings is 2. The molecule has 0 bridgehead atoms. The Bertz CT molecular complexity index is 818. The van der Waals surface area contributed by atoms with Crippen molar-refractivity contribution in [3.05, 3.63) is 47.5 Å². The fourth-order valence-corrected chi connectivity index (χ4v) is 2.31. The number of carbonyl (C=O) groups excluding carboxylic acids is 1. The third-order valence-corrected chi connectivity index (χ3v) is 3.78. The second-order valence-electron chi connectivity index (χ2n) is 5.27. The fourth-order valence-electron chi connectivity index (χ4n) is 2.31. The summed E-state index contributed by atoms with van der Waals surface area (Å²) in [4.78, 5) is 12.4. The highest BCUT2D eigenvalue weighted by Gasteiger charge is 2.13. The highest BCUT2D eigenvalue weighted by Crippen LogP contribution is 2.28. The number of methoxy groups -OCH3 is 4. The van der Waals surface area contributed by atoms with Crippen molar-refractivity contribution in [2.45, 2.75) is 6.92 Å². The van der Waals surface area contributed by atoms with E-state index in [9.17, 15) is 4.79 Å². The van der Waals surface area contributed by atoms with E-state index in [4.69, 9.17) is 18.9 Å². The molecule has 2 aromatic carbocycles. The Kier molecular flexibility index (Phi) is 6.43. The zero-order chi connectivity index (χ0) is 19.1. The van der Waals surface area contributed by atoms with Crippen LogP contribution in [-0.2, 0) is 0 Å². The molecule has 0 aliphatic rings. The molecule has 0 aliphatic carbocycles. The molecule has 7 heteroatoms. The van der Waals surface area contributed by atoms with Crippen LogP contribution in [0.3, 0.4) is 0 Å². The summed E-state index contributed by atoms with van der Waals surface area (Å²) in [7, 11) is 6.17. The van der Waals surface area contributed by atoms with Crippen LogP contribution in [0.25, 0.3) is 0 Å². The molecule has 2 aromatic rings. The highest BCUT2D eigenvalue weighted by atomic mass is 16.5. The number of hydrazone groups is 1. The van der Waals surface area contributed by atoms with E-state index in [1.807, 2.05) is 6.07 Å². The Hall–Kier alpha value is -3.22. The summed E-state index contributed by atoms with van der Waals surface area (Å²) in [6, 6.07) is 10.3. The van der Waals surface area contributed by atoms with Crippen LogP contribution >= 0.6 is 0 Å². The Morgan fingerprint density at radius 3 is 2.15 bits per heavy atom. The molecule has 0 unspecified atom stereocenters. The summed E-state index contributed by atoms with van der Waals surface area (Å²) >= 11 is 0. The predicted octanol–water partition coefficient (Wildman–Crippen LogP) is 2.88. The number of carbonyl (C=O) groups is 1. The molecule has 1 amide bonds. The van der Waals surface area contributed by atoms with Gasteiger partial charge in [-0.3, -0.25) is 4.79 Å². The van der Waals surface area contributed by atoms with E-state index in [2.05, 4.69) is 10.5 Å². The average Bonchev–Trinajstić information content (AvgIpc) is 2.70. The number of ether oxygens (including phenoxy) is 4. The normalized spacial score (nSPS) is 10.9. The first-order chi connectivity index (χ1) is 12.5. The van der Waals surface area contributed by atoms with Gasteiger partial charge in [0.1, 0.15) is 11.5 Å². The third-order valence-electron chi connectivity index (χ3n) is 3.78. The maximum absolute atomic E-state index is 12.4. The van der Waals surface area contributed by atoms with Crippen molar-refractivity contribution in [2.24, 2.45) is 5.10 Å². The van der Waals surface area contributed by atoms with Gasteiger partial charge >= 0.3 is 0 Å². The van der Waals surface area contributed by atoms with E-state index in [0.717, 1.165) is 5.56 Å². The van der Waals surface area contributed by atoms with Gasteiger partial charge in [-0.25, -0.2) is 5.43 Å². The molecule has 0 aliphatic heterocycles. The molecule has 26 heavy (non-hydrogen) atoms. The van der Waals surface area contributed by atoms with Gasteiger partial charge in [-0.1, -0.05) is 0 Å². The van der Waals surface area contributed by atoms with Gasteiger partial charge < -0.3 is 18.9 Å². The van der Waals surface area contributed by atoms with E-state index in [1.165, 1.54) is 7.11 Å². The van der Waals surface area contributed by atoms with Gasteiger partial charge in [0.05, 0.1) is 39.7 Å². The Balaban J connectivity index is 2.19. The van der Waals surface area contributed by atoms with Crippen molar-refractivity contribution in [2.75, 3.05) is 28.4 Å². The first-order valence-electron chi connectivity index (χ1n) is 7.83. The molecule has 7 nitrogen and oxygen atoms in total. The number of amides is 1. The maximum atomic E-state index is 12.4. The van der Waals surface area contributed by atoms with Crippen molar-refractivity contribution >= 4 is 11.6 Å². The molecular formula is C19H22N2O5. The largest absolute Gasteiger partial charge is 0.497 e. The first-order valence-corrected chi connectivity index (χ1v) is 7.83. The zero-order valence-corrected chi connectivity index (χ0v) is 15.5. The van der Waals surface area contributed by atoms with Crippen LogP contribution in [0.1, 0.15) is 22.8 Å². The molecule has 0 atom stereocenters. The number of nitrogens with zero attached hydrogens (tertiary/aromatic N) is 1. The molecule has 0 spiro atoms. The van der Waals surface area contributed by atoms with Gasteiger partial charge in [0, 0.05) is 11.6 Å². The van der Waals surface area contributed by atoms with Crippen molar-refractivity contribution in [1.29, 1.82) is 0 Å². The van der Waals surface area contributed by atoms with Crippen LogP contribution in [0.5, 0.6) is 23.0 Å². The molecule has 2 rings (SSSR count). The minimum atomic E-state index is -0.385. The summed E-state index contributed by atoms with van der Waals surface area (Å²) < 4.78 is 20.9. The van der Waals surface area contributed by atoms with Crippen LogP contribution in [0.15, 0.2) is 41.5 Å². The van der Waals surface area contributed by atoms with Crippen molar-refractivity contribution in [3.63, 3.8) is 0 Å². The van der Waals surface area contributed by atoms with E-state index in [0.29, 0.717) is 34.3 Å². The summed E-state index contributed by atoms with van der Waals surface area (Å²) in [5, 5.41) is 4.15. The van der Waals surface area contributed by atoms with Crippen molar-refractivity contribution < 1.29 is 23.7 Å². The highest BCUT2D eigenvalue weighted by molar-refractivity contribution is 6.02. The molecule has 0 aromatic heterocycles. The fraction of sp³-hybridized carbons (Fsp3) is 0.263. The summed E-state index contributed by atoms with van der Waals surface area (Å²) in [5.41, 5.74) is 4.30. The minimum Gasteiger partial charge on any atom is -0.497 e. The van der Waals surface area contributed by atoms with Crippen LogP contribution in [0, 0.1) is 0 Å². The lowest BCUT2D eigenvalue weighted by atomic mass is 10.1. The van der Waals surface area contributed by atoms with Gasteiger partial charge in [0.25, 0.3) is 5.91 Å². The SMILES string of the molecule is COc1ccc(C(=O)NN=C(C)c2ccc(OC)c(OC)c2)c(OC)c1. The van der Waals surface area contributed by atoms with Gasteiger partial charge in [0.2, 0.25) is 0 Å². The molecular weight excluding hydrogens is 336 g/mol. The molecule has 0 heterocycles. The van der Waals surface area contributed by atoms with E-state index < -0.39 is 0 Å². The van der Waals surface area contributed by atoms with Gasteiger partial charge in [-0.05, 0) is 37.3 Å². The molecule has 0 saturated heterocycles. The Labute approximate surface area is 152 Å². The standard InChI is InChI=1S/C19H22N2O5/c1-12(13-6-9-16(24-3)18(10-13)26-5)20-21-19(22)15-8-7-14(23-2)11-17(15)25-4/h6-11H,1-5H3,(H,21,22). The van der Waals surface area contributed by atoms with Crippen LogP contribution in [0.4, 0.5) is 0 Å². The lowest BCUT2D eigenvalue weighted by Crippen LogP contribution is -2.20. The number of nitrogens with one attached hydrogen (secondary N) is 1. The van der Waals surface area contributed by atoms with Crippen LogP contribution < -0.4 is 24.4 Å². The first kappa shape index (κ1) is 19.1. The maximum Gasteiger partial charge on any atom is 0.275 e. The van der Waals surface area contributed by atoms with Crippen molar-refractivity contribution in [1.82, 2.24) is 5.43 Å². The van der Waals surface area contributed by atoms with Crippen LogP contribution in [-0.4, -0.2) is 40.1 Å². The van der Waals surface area contributed by atoms with Gasteiger partial charge in [0.15, 0.2) is 11.5 Å². The lowest BCUT2D eigenvalue weighted by Gasteiger charge is -2.10. The lowest BCUT2D eigenvalue weighted by molar-refractivity contribution is 0.0951. The smallest absolute Gasteiger partial charge is 0.275 e. The second-order valence-corrected chi connectivity index (χ2v) is 5.27. The number of rotatable bonds is 7. The minimum absolute atomic E-state index is 0.358. The monoisotopic (exact) mass is 358 g/mol. The molecule has 138 valence electrons. The van der Waals surface area contributed by atoms with E-state index in [-0.39, 0.29) is 5.91 Å². The average molecular weight is 358 g/mol. The van der Waals surface area contributed by atoms with Gasteiger partial charge in [-0.15, -0.1) is 0 Å². The number of hydrogen-bond donors (Lipinski definition) is 1. The predicted molar refractivity (Wildman–Crippen MR) is 98.8 cm³/mol. The molecule has 1 N–H and O–H groups in total. The van der Waals surface area contributed by atoms with Crippen LogP contribution in [0.2, 0.25) is 0 Å². The summed E-state index contributed by atoms with van der Waals surface area (Å²) in [6.07, 6.45) is 0. The van der Waals surface area contributed by atoms with E-state index in [1.54, 1.807) is 58.6 Å². The van der Waals surface area contributed by atoms with Crippen molar-refractivity contribution in [3.8, 4) is 23.0 Å². The summed E-state index contributed by atoms with van der Waals surface area (Å²) in [6.45, 7) is 1.78. The molecule has 0 saturated carbocycles. The third kappa shape index (κ3) is 4.24. The second kappa shape index (κ2) is 8.75. The number of hydrogen-bond acceptors (Lipinski definition) is 6. The zero-order valence-electron chi connectivity index (χ0n) is 15.5. The molecule has 0 radical (unpaired) electrons. The Morgan fingerprint density at radius 1 is 0.846 bits per heavy atom.